The van der Waals surface area contributed by atoms with E-state index in [0.717, 1.165) is 12.8 Å². The molecule has 1 saturated carbocycles. The van der Waals surface area contributed by atoms with E-state index < -0.39 is 22.5 Å². The van der Waals surface area contributed by atoms with Crippen molar-refractivity contribution in [3.05, 3.63) is 39.9 Å². The number of hydrogen-bond acceptors (Lipinski definition) is 6. The van der Waals surface area contributed by atoms with Crippen LogP contribution in [-0.4, -0.2) is 35.5 Å². The minimum absolute atomic E-state index is 0.000523. The summed E-state index contributed by atoms with van der Waals surface area (Å²) >= 11 is 0. The van der Waals surface area contributed by atoms with Crippen molar-refractivity contribution < 1.29 is 19.2 Å². The molecule has 2 aliphatic rings. The number of rotatable bonds is 4. The molecule has 1 aromatic rings. The second-order valence-corrected chi connectivity index (χ2v) is 5.54. The molecule has 0 saturated heterocycles. The fraction of sp³-hybridized carbons (Fsp3) is 0.467. The van der Waals surface area contributed by atoms with Crippen LogP contribution in [-0.2, 0) is 14.3 Å². The largest absolute Gasteiger partial charge is 0.466 e. The SMILES string of the molecule is CC[C@@H]1C[C@]12N=C(c1ccc([N+](=O)[O-])cc1)O[C@H]2C(=O)OC. The first-order valence-corrected chi connectivity index (χ1v) is 7.11. The van der Waals surface area contributed by atoms with Crippen LogP contribution in [0.25, 0.3) is 0 Å². The molecule has 1 aliphatic carbocycles. The number of non-ortho nitro benzene ring substituents is 1. The van der Waals surface area contributed by atoms with Gasteiger partial charge in [0.05, 0.1) is 12.0 Å². The smallest absolute Gasteiger partial charge is 0.349 e. The van der Waals surface area contributed by atoms with Crippen LogP contribution in [0.3, 0.4) is 0 Å². The van der Waals surface area contributed by atoms with Gasteiger partial charge >= 0.3 is 5.97 Å². The minimum Gasteiger partial charge on any atom is -0.466 e. The summed E-state index contributed by atoms with van der Waals surface area (Å²) < 4.78 is 10.5. The number of benzene rings is 1. The fourth-order valence-corrected chi connectivity index (χ4v) is 3.00. The highest BCUT2D eigenvalue weighted by molar-refractivity contribution is 5.99. The number of aliphatic imine (C=N–C) groups is 1. The number of carbonyl (C=O) groups excluding carboxylic acids is 1. The molecule has 0 unspecified atom stereocenters. The number of nitro groups is 1. The van der Waals surface area contributed by atoms with Crippen molar-refractivity contribution in [1.82, 2.24) is 0 Å². The molecule has 0 N–H and O–H groups in total. The Bertz CT molecular complexity index is 654. The highest BCUT2D eigenvalue weighted by atomic mass is 16.6. The van der Waals surface area contributed by atoms with Crippen molar-refractivity contribution in [2.45, 2.75) is 31.4 Å². The Balaban J connectivity index is 1.89. The standard InChI is InChI=1S/C15H16N2O5/c1-3-10-8-15(10)12(14(18)21-2)22-13(16-15)9-4-6-11(7-5-9)17(19)20/h4-7,10,12H,3,8H2,1-2H3/t10-,12+,15+/m1/s1. The Morgan fingerprint density at radius 3 is 2.68 bits per heavy atom. The Morgan fingerprint density at radius 2 is 2.18 bits per heavy atom. The molecule has 22 heavy (non-hydrogen) atoms. The Labute approximate surface area is 127 Å². The second-order valence-electron chi connectivity index (χ2n) is 5.54. The Morgan fingerprint density at radius 1 is 1.50 bits per heavy atom. The number of nitrogens with zero attached hydrogens (tertiary/aromatic N) is 2. The van der Waals surface area contributed by atoms with E-state index in [-0.39, 0.29) is 5.69 Å². The number of esters is 1. The number of hydrogen-bond donors (Lipinski definition) is 0. The van der Waals surface area contributed by atoms with Gasteiger partial charge in [0.25, 0.3) is 5.69 Å². The van der Waals surface area contributed by atoms with E-state index in [2.05, 4.69) is 4.99 Å². The third-order valence-corrected chi connectivity index (χ3v) is 4.35. The van der Waals surface area contributed by atoms with Crippen LogP contribution in [0.15, 0.2) is 29.3 Å². The summed E-state index contributed by atoms with van der Waals surface area (Å²) in [4.78, 5) is 26.8. The van der Waals surface area contributed by atoms with Gasteiger partial charge < -0.3 is 9.47 Å². The van der Waals surface area contributed by atoms with E-state index in [1.165, 1.54) is 19.2 Å². The molecular weight excluding hydrogens is 288 g/mol. The molecule has 3 atom stereocenters. The highest BCUT2D eigenvalue weighted by Crippen LogP contribution is 2.55. The predicted molar refractivity (Wildman–Crippen MR) is 77.7 cm³/mol. The monoisotopic (exact) mass is 304 g/mol. The van der Waals surface area contributed by atoms with E-state index in [4.69, 9.17) is 9.47 Å². The van der Waals surface area contributed by atoms with Gasteiger partial charge in [0, 0.05) is 17.7 Å². The molecule has 1 heterocycles. The average molecular weight is 304 g/mol. The summed E-state index contributed by atoms with van der Waals surface area (Å²) in [6, 6.07) is 5.94. The molecular formula is C15H16N2O5. The van der Waals surface area contributed by atoms with Gasteiger partial charge in [-0.1, -0.05) is 13.3 Å². The summed E-state index contributed by atoms with van der Waals surface area (Å²) in [6.07, 6.45) is 0.973. The molecule has 0 bridgehead atoms. The van der Waals surface area contributed by atoms with Crippen molar-refractivity contribution in [3.8, 4) is 0 Å². The first kappa shape index (κ1) is 14.5. The van der Waals surface area contributed by atoms with Crippen LogP contribution < -0.4 is 0 Å². The molecule has 0 aromatic heterocycles. The molecule has 1 aliphatic heterocycles. The van der Waals surface area contributed by atoms with Gasteiger partial charge in [0.2, 0.25) is 12.0 Å². The summed E-state index contributed by atoms with van der Waals surface area (Å²) in [5.74, 6) is 0.213. The lowest BCUT2D eigenvalue weighted by atomic mass is 10.1. The van der Waals surface area contributed by atoms with Gasteiger partial charge in [-0.2, -0.15) is 0 Å². The van der Waals surface area contributed by atoms with Crippen LogP contribution in [0.1, 0.15) is 25.3 Å². The Hall–Kier alpha value is -2.44. The lowest BCUT2D eigenvalue weighted by Gasteiger charge is -2.15. The molecule has 7 nitrogen and oxygen atoms in total. The fourth-order valence-electron chi connectivity index (χ4n) is 3.00. The zero-order valence-corrected chi connectivity index (χ0v) is 12.3. The lowest BCUT2D eigenvalue weighted by molar-refractivity contribution is -0.384. The van der Waals surface area contributed by atoms with Gasteiger partial charge in [0.1, 0.15) is 5.54 Å². The summed E-state index contributed by atoms with van der Waals surface area (Å²) in [5.41, 5.74) is 0.0939. The van der Waals surface area contributed by atoms with Crippen LogP contribution in [0.2, 0.25) is 0 Å². The molecule has 1 aromatic carbocycles. The number of carbonyl (C=O) groups is 1. The average Bonchev–Trinajstić information content (AvgIpc) is 3.10. The van der Waals surface area contributed by atoms with Gasteiger partial charge in [-0.25, -0.2) is 9.79 Å². The predicted octanol–water partition coefficient (Wildman–Crippen LogP) is 2.08. The molecule has 0 amide bonds. The maximum absolute atomic E-state index is 11.9. The second kappa shape index (κ2) is 5.08. The molecule has 1 spiro atoms. The van der Waals surface area contributed by atoms with E-state index in [1.54, 1.807) is 12.1 Å². The topological polar surface area (TPSA) is 91.0 Å². The van der Waals surface area contributed by atoms with Crippen molar-refractivity contribution in [1.29, 1.82) is 0 Å². The number of ether oxygens (including phenoxy) is 2. The molecule has 0 radical (unpaired) electrons. The molecule has 3 rings (SSSR count). The van der Waals surface area contributed by atoms with Crippen LogP contribution >= 0.6 is 0 Å². The van der Waals surface area contributed by atoms with Crippen LogP contribution in [0.5, 0.6) is 0 Å². The normalized spacial score (nSPS) is 28.9. The summed E-state index contributed by atoms with van der Waals surface area (Å²) in [7, 11) is 1.33. The Kier molecular flexibility index (Phi) is 3.35. The maximum atomic E-state index is 11.9. The number of nitro benzene ring substituents is 1. The van der Waals surface area contributed by atoms with E-state index in [1.807, 2.05) is 6.92 Å². The molecule has 116 valence electrons. The van der Waals surface area contributed by atoms with E-state index in [0.29, 0.717) is 17.4 Å². The van der Waals surface area contributed by atoms with Gasteiger partial charge in [-0.3, -0.25) is 10.1 Å². The van der Waals surface area contributed by atoms with Gasteiger partial charge in [0.15, 0.2) is 0 Å². The van der Waals surface area contributed by atoms with E-state index >= 15 is 0 Å². The zero-order valence-electron chi connectivity index (χ0n) is 12.3. The third-order valence-electron chi connectivity index (χ3n) is 4.35. The lowest BCUT2D eigenvalue weighted by Crippen LogP contribution is -2.35. The molecule has 1 fully saturated rings. The van der Waals surface area contributed by atoms with Gasteiger partial charge in [-0.15, -0.1) is 0 Å². The zero-order chi connectivity index (χ0) is 15.9. The van der Waals surface area contributed by atoms with E-state index in [9.17, 15) is 14.9 Å². The quantitative estimate of drug-likeness (QED) is 0.482. The highest BCUT2D eigenvalue weighted by Gasteiger charge is 2.66. The van der Waals surface area contributed by atoms with Crippen LogP contribution in [0.4, 0.5) is 5.69 Å². The van der Waals surface area contributed by atoms with Crippen molar-refractivity contribution in [2.24, 2.45) is 10.9 Å². The van der Waals surface area contributed by atoms with Crippen molar-refractivity contribution in [2.75, 3.05) is 7.11 Å². The summed E-state index contributed by atoms with van der Waals surface area (Å²) in [6.45, 7) is 2.05. The van der Waals surface area contributed by atoms with Crippen molar-refractivity contribution in [3.63, 3.8) is 0 Å². The number of methoxy groups -OCH3 is 1. The van der Waals surface area contributed by atoms with Gasteiger partial charge in [-0.05, 0) is 24.5 Å². The molecule has 7 heteroatoms. The summed E-state index contributed by atoms with van der Waals surface area (Å²) in [5, 5.41) is 10.7. The van der Waals surface area contributed by atoms with Crippen molar-refractivity contribution >= 4 is 17.6 Å². The first-order valence-electron chi connectivity index (χ1n) is 7.11. The van der Waals surface area contributed by atoms with Crippen LogP contribution in [0, 0.1) is 16.0 Å². The first-order chi connectivity index (χ1) is 10.5. The minimum atomic E-state index is -0.729. The maximum Gasteiger partial charge on any atom is 0.349 e. The third kappa shape index (κ3) is 2.13.